The zero-order valence-corrected chi connectivity index (χ0v) is 15.3. The number of carbonyl (C=O) groups is 3. The van der Waals surface area contributed by atoms with Crippen molar-refractivity contribution in [3.05, 3.63) is 24.3 Å². The highest BCUT2D eigenvalue weighted by atomic mass is 32.2. The molecule has 0 bridgehead atoms. The maximum Gasteiger partial charge on any atom is 0.326 e. The summed E-state index contributed by atoms with van der Waals surface area (Å²) in [5.41, 5.74) is 1.10. The highest BCUT2D eigenvalue weighted by molar-refractivity contribution is 7.98. The van der Waals surface area contributed by atoms with Gasteiger partial charge < -0.3 is 15.7 Å². The van der Waals surface area contributed by atoms with Crippen LogP contribution in [0.5, 0.6) is 0 Å². The normalized spacial score (nSPS) is 17.7. The maximum atomic E-state index is 12.9. The van der Waals surface area contributed by atoms with E-state index in [0.29, 0.717) is 23.5 Å². The Bertz CT molecular complexity index is 665. The SMILES string of the molecule is CSCC[C@H](NC(=O)N1c2ccccc2NC(=O)[C@@H]1C(C)C)C(=O)O. The number of anilines is 2. The fourth-order valence-corrected chi connectivity index (χ4v) is 3.28. The van der Waals surface area contributed by atoms with Crippen LogP contribution >= 0.6 is 11.8 Å². The van der Waals surface area contributed by atoms with Crippen molar-refractivity contribution in [1.29, 1.82) is 0 Å². The molecule has 0 saturated carbocycles. The van der Waals surface area contributed by atoms with Gasteiger partial charge in [-0.25, -0.2) is 9.59 Å². The largest absolute Gasteiger partial charge is 0.480 e. The molecule has 136 valence electrons. The molecule has 1 aromatic rings. The summed E-state index contributed by atoms with van der Waals surface area (Å²) in [6.07, 6.45) is 2.19. The van der Waals surface area contributed by atoms with Gasteiger partial charge in [0.15, 0.2) is 0 Å². The molecule has 1 heterocycles. The minimum absolute atomic E-state index is 0.131. The quantitative estimate of drug-likeness (QED) is 0.719. The van der Waals surface area contributed by atoms with Gasteiger partial charge in [0.05, 0.1) is 11.4 Å². The number of fused-ring (bicyclic) bond motifs is 1. The van der Waals surface area contributed by atoms with E-state index in [1.54, 1.807) is 24.3 Å². The number of carbonyl (C=O) groups excluding carboxylic acids is 2. The van der Waals surface area contributed by atoms with Crippen LogP contribution in [0.15, 0.2) is 24.3 Å². The molecule has 0 fully saturated rings. The molecular weight excluding hydrogens is 342 g/mol. The number of para-hydroxylation sites is 2. The second kappa shape index (κ2) is 8.24. The summed E-state index contributed by atoms with van der Waals surface area (Å²) in [7, 11) is 0. The molecule has 0 saturated heterocycles. The number of benzene rings is 1. The van der Waals surface area contributed by atoms with Crippen molar-refractivity contribution in [2.75, 3.05) is 22.2 Å². The van der Waals surface area contributed by atoms with Crippen LogP contribution in [0, 0.1) is 5.92 Å². The number of hydrogen-bond donors (Lipinski definition) is 3. The number of nitrogens with one attached hydrogen (secondary N) is 2. The van der Waals surface area contributed by atoms with Gasteiger partial charge >= 0.3 is 12.0 Å². The van der Waals surface area contributed by atoms with Gasteiger partial charge in [-0.15, -0.1) is 0 Å². The third-order valence-corrected chi connectivity index (χ3v) is 4.67. The monoisotopic (exact) mass is 365 g/mol. The van der Waals surface area contributed by atoms with Crippen LogP contribution in [0.25, 0.3) is 0 Å². The Labute approximate surface area is 151 Å². The highest BCUT2D eigenvalue weighted by Gasteiger charge is 2.39. The lowest BCUT2D eigenvalue weighted by Crippen LogP contribution is -2.58. The van der Waals surface area contributed by atoms with Crippen LogP contribution in [0.3, 0.4) is 0 Å². The van der Waals surface area contributed by atoms with Crippen LogP contribution in [0.4, 0.5) is 16.2 Å². The minimum Gasteiger partial charge on any atom is -0.480 e. The molecule has 3 amide bonds. The number of aliphatic carboxylic acids is 1. The van der Waals surface area contributed by atoms with E-state index in [-0.39, 0.29) is 11.8 Å². The highest BCUT2D eigenvalue weighted by Crippen LogP contribution is 2.34. The molecule has 8 heteroatoms. The molecule has 1 aliphatic heterocycles. The zero-order chi connectivity index (χ0) is 18.6. The van der Waals surface area contributed by atoms with E-state index in [4.69, 9.17) is 0 Å². The molecule has 2 rings (SSSR count). The van der Waals surface area contributed by atoms with Crippen molar-refractivity contribution in [1.82, 2.24) is 5.32 Å². The number of carboxylic acid groups (broad SMARTS) is 1. The number of amides is 3. The Hall–Kier alpha value is -2.22. The summed E-state index contributed by atoms with van der Waals surface area (Å²) in [5, 5.41) is 14.7. The number of rotatable bonds is 6. The van der Waals surface area contributed by atoms with Crippen LogP contribution < -0.4 is 15.5 Å². The first-order valence-electron chi connectivity index (χ1n) is 8.08. The van der Waals surface area contributed by atoms with E-state index in [9.17, 15) is 19.5 Å². The molecule has 25 heavy (non-hydrogen) atoms. The van der Waals surface area contributed by atoms with E-state index in [1.165, 1.54) is 16.7 Å². The summed E-state index contributed by atoms with van der Waals surface area (Å²) in [4.78, 5) is 38.1. The van der Waals surface area contributed by atoms with Gasteiger partial charge in [-0.05, 0) is 36.5 Å². The zero-order valence-electron chi connectivity index (χ0n) is 14.5. The first kappa shape index (κ1) is 19.1. The van der Waals surface area contributed by atoms with Crippen LogP contribution in [-0.4, -0.2) is 47.1 Å². The second-order valence-electron chi connectivity index (χ2n) is 6.19. The van der Waals surface area contributed by atoms with Crippen molar-refractivity contribution in [3.8, 4) is 0 Å². The number of urea groups is 1. The molecule has 1 aliphatic rings. The number of nitrogens with zero attached hydrogens (tertiary/aromatic N) is 1. The fraction of sp³-hybridized carbons (Fsp3) is 0.471. The number of thioether (sulfide) groups is 1. The predicted molar refractivity (Wildman–Crippen MR) is 99.1 cm³/mol. The summed E-state index contributed by atoms with van der Waals surface area (Å²) in [6.45, 7) is 3.70. The van der Waals surface area contributed by atoms with Crippen molar-refractivity contribution in [2.24, 2.45) is 5.92 Å². The van der Waals surface area contributed by atoms with Crippen molar-refractivity contribution in [3.63, 3.8) is 0 Å². The number of carboxylic acids is 1. The van der Waals surface area contributed by atoms with Gasteiger partial charge in [-0.2, -0.15) is 11.8 Å². The Balaban J connectivity index is 2.33. The van der Waals surface area contributed by atoms with Crippen LogP contribution in [-0.2, 0) is 9.59 Å². The summed E-state index contributed by atoms with van der Waals surface area (Å²) < 4.78 is 0. The average molecular weight is 365 g/mol. The summed E-state index contributed by atoms with van der Waals surface area (Å²) in [6, 6.07) is 4.72. The van der Waals surface area contributed by atoms with E-state index >= 15 is 0 Å². The van der Waals surface area contributed by atoms with Crippen LogP contribution in [0.2, 0.25) is 0 Å². The van der Waals surface area contributed by atoms with Crippen molar-refractivity contribution < 1.29 is 19.5 Å². The van der Waals surface area contributed by atoms with Gasteiger partial charge in [0.25, 0.3) is 0 Å². The molecule has 7 nitrogen and oxygen atoms in total. The lowest BCUT2D eigenvalue weighted by atomic mass is 9.98. The lowest BCUT2D eigenvalue weighted by molar-refractivity contribution is -0.139. The Morgan fingerprint density at radius 2 is 2.04 bits per heavy atom. The third kappa shape index (κ3) is 4.25. The lowest BCUT2D eigenvalue weighted by Gasteiger charge is -2.38. The minimum atomic E-state index is -1.08. The van der Waals surface area contributed by atoms with E-state index in [1.807, 2.05) is 20.1 Å². The van der Waals surface area contributed by atoms with Crippen molar-refractivity contribution >= 4 is 41.0 Å². The van der Waals surface area contributed by atoms with E-state index in [2.05, 4.69) is 10.6 Å². The van der Waals surface area contributed by atoms with E-state index in [0.717, 1.165) is 0 Å². The Morgan fingerprint density at radius 1 is 1.36 bits per heavy atom. The average Bonchev–Trinajstić information content (AvgIpc) is 2.56. The molecule has 0 aromatic heterocycles. The molecule has 1 aromatic carbocycles. The Morgan fingerprint density at radius 3 is 2.64 bits per heavy atom. The van der Waals surface area contributed by atoms with Gasteiger partial charge in [0.2, 0.25) is 5.91 Å². The van der Waals surface area contributed by atoms with Gasteiger partial charge in [-0.3, -0.25) is 9.69 Å². The third-order valence-electron chi connectivity index (χ3n) is 4.02. The molecule has 3 N–H and O–H groups in total. The van der Waals surface area contributed by atoms with Crippen molar-refractivity contribution in [2.45, 2.75) is 32.4 Å². The Kier molecular flexibility index (Phi) is 6.30. The number of hydrogen-bond acceptors (Lipinski definition) is 4. The van der Waals surface area contributed by atoms with E-state index < -0.39 is 24.1 Å². The topological polar surface area (TPSA) is 98.7 Å². The molecule has 2 atom stereocenters. The summed E-state index contributed by atoms with van der Waals surface area (Å²) >= 11 is 1.51. The standard InChI is InChI=1S/C17H23N3O4S/c1-10(2)14-15(21)18-11-6-4-5-7-13(11)20(14)17(24)19-12(16(22)23)8-9-25-3/h4-7,10,12,14H,8-9H2,1-3H3,(H,18,21)(H,19,24)(H,22,23)/t12-,14-/m0/s1. The first-order valence-corrected chi connectivity index (χ1v) is 9.47. The molecule has 0 unspecified atom stereocenters. The second-order valence-corrected chi connectivity index (χ2v) is 7.17. The predicted octanol–water partition coefficient (Wildman–Crippen LogP) is 2.39. The molecule has 0 spiro atoms. The smallest absolute Gasteiger partial charge is 0.326 e. The maximum absolute atomic E-state index is 12.9. The molecular formula is C17H23N3O4S. The summed E-state index contributed by atoms with van der Waals surface area (Å²) in [5.74, 6) is -0.881. The molecule has 0 aliphatic carbocycles. The molecule has 0 radical (unpaired) electrons. The first-order chi connectivity index (χ1) is 11.9. The van der Waals surface area contributed by atoms with Gasteiger partial charge in [0.1, 0.15) is 12.1 Å². The van der Waals surface area contributed by atoms with Gasteiger partial charge in [-0.1, -0.05) is 26.0 Å². The fourth-order valence-electron chi connectivity index (χ4n) is 2.81. The van der Waals surface area contributed by atoms with Crippen LogP contribution in [0.1, 0.15) is 20.3 Å². The van der Waals surface area contributed by atoms with Gasteiger partial charge in [0, 0.05) is 0 Å².